The summed E-state index contributed by atoms with van der Waals surface area (Å²) in [7, 11) is 0. The van der Waals surface area contributed by atoms with Crippen LogP contribution in [0.5, 0.6) is 0 Å². The lowest BCUT2D eigenvalue weighted by molar-refractivity contribution is 0.101. The zero-order chi connectivity index (χ0) is 12.8. The molecule has 0 aliphatic rings. The van der Waals surface area contributed by atoms with Crippen molar-refractivity contribution in [3.63, 3.8) is 0 Å². The normalized spacial score (nSPS) is 9.35. The number of rotatable bonds is 2. The third kappa shape index (κ3) is 3.17. The molecule has 0 aliphatic heterocycles. The minimum atomic E-state index is 0.0462. The van der Waals surface area contributed by atoms with Crippen LogP contribution in [0.2, 0.25) is 0 Å². The molecular weight excluding hydrogens is 214 g/mol. The third-order valence-corrected chi connectivity index (χ3v) is 2.15. The Balaban J connectivity index is 0.000000686. The monoisotopic (exact) mass is 231 g/mol. The maximum atomic E-state index is 11.2. The van der Waals surface area contributed by atoms with Gasteiger partial charge in [0.2, 0.25) is 0 Å². The first kappa shape index (κ1) is 13.0. The van der Waals surface area contributed by atoms with E-state index in [1.165, 1.54) is 0 Å². The van der Waals surface area contributed by atoms with Crippen molar-refractivity contribution in [2.45, 2.75) is 20.8 Å². The van der Waals surface area contributed by atoms with Gasteiger partial charge in [-0.05, 0) is 19.1 Å². The molecule has 1 aromatic carbocycles. The Hall–Kier alpha value is -2.10. The van der Waals surface area contributed by atoms with Gasteiger partial charge < -0.3 is 10.3 Å². The number of anilines is 1. The molecule has 1 aromatic heterocycles. The lowest BCUT2D eigenvalue weighted by Crippen LogP contribution is -1.95. The number of nitrogen functional groups attached to an aromatic ring is 1. The Morgan fingerprint density at radius 2 is 2.06 bits per heavy atom. The van der Waals surface area contributed by atoms with Crippen molar-refractivity contribution in [1.29, 1.82) is 0 Å². The van der Waals surface area contributed by atoms with Crippen molar-refractivity contribution >= 4 is 11.6 Å². The number of hydrogen-bond donors (Lipinski definition) is 1. The number of imidazole rings is 1. The van der Waals surface area contributed by atoms with Gasteiger partial charge in [0, 0.05) is 11.3 Å². The first-order valence-corrected chi connectivity index (χ1v) is 5.57. The lowest BCUT2D eigenvalue weighted by Gasteiger charge is -2.02. The van der Waals surface area contributed by atoms with Crippen LogP contribution < -0.4 is 5.73 Å². The number of nitrogens with two attached hydrogens (primary N) is 1. The van der Waals surface area contributed by atoms with Gasteiger partial charge in [-0.25, -0.2) is 4.98 Å². The fourth-order valence-electron chi connectivity index (χ4n) is 1.36. The largest absolute Gasteiger partial charge is 0.382 e. The summed E-state index contributed by atoms with van der Waals surface area (Å²) in [6, 6.07) is 7.32. The molecule has 0 saturated heterocycles. The van der Waals surface area contributed by atoms with Crippen molar-refractivity contribution < 1.29 is 4.79 Å². The number of hydrogen-bond acceptors (Lipinski definition) is 3. The SMILES string of the molecule is CC.CC(=O)c1cccc(-n2cnc(N)c2)c1. The molecule has 17 heavy (non-hydrogen) atoms. The molecule has 0 saturated carbocycles. The van der Waals surface area contributed by atoms with Gasteiger partial charge >= 0.3 is 0 Å². The van der Waals surface area contributed by atoms with E-state index in [4.69, 9.17) is 5.73 Å². The second-order valence-corrected chi connectivity index (χ2v) is 3.31. The third-order valence-electron chi connectivity index (χ3n) is 2.15. The number of nitrogens with zero attached hydrogens (tertiary/aromatic N) is 2. The molecule has 4 heteroatoms. The zero-order valence-electron chi connectivity index (χ0n) is 10.3. The molecule has 2 N–H and O–H groups in total. The van der Waals surface area contributed by atoms with Crippen molar-refractivity contribution in [2.24, 2.45) is 0 Å². The van der Waals surface area contributed by atoms with Crippen LogP contribution in [-0.2, 0) is 0 Å². The molecule has 1 heterocycles. The maximum absolute atomic E-state index is 11.2. The van der Waals surface area contributed by atoms with Gasteiger partial charge in [0.25, 0.3) is 0 Å². The highest BCUT2D eigenvalue weighted by atomic mass is 16.1. The van der Waals surface area contributed by atoms with Crippen LogP contribution in [0.3, 0.4) is 0 Å². The molecule has 4 nitrogen and oxygen atoms in total. The summed E-state index contributed by atoms with van der Waals surface area (Å²) in [5.41, 5.74) is 7.08. The number of ketones is 1. The zero-order valence-corrected chi connectivity index (χ0v) is 10.3. The fraction of sp³-hybridized carbons (Fsp3) is 0.231. The van der Waals surface area contributed by atoms with E-state index in [9.17, 15) is 4.79 Å². The molecule has 0 bridgehead atoms. The number of aromatic nitrogens is 2. The highest BCUT2D eigenvalue weighted by Gasteiger charge is 2.02. The van der Waals surface area contributed by atoms with Gasteiger partial charge in [-0.2, -0.15) is 0 Å². The van der Waals surface area contributed by atoms with E-state index in [1.807, 2.05) is 32.0 Å². The van der Waals surface area contributed by atoms with E-state index in [-0.39, 0.29) is 5.78 Å². The van der Waals surface area contributed by atoms with E-state index in [0.717, 1.165) is 5.69 Å². The smallest absolute Gasteiger partial charge is 0.159 e. The van der Waals surface area contributed by atoms with Gasteiger partial charge in [-0.3, -0.25) is 4.79 Å². The van der Waals surface area contributed by atoms with Crippen LogP contribution in [0.25, 0.3) is 5.69 Å². The van der Waals surface area contributed by atoms with Crippen molar-refractivity contribution in [3.05, 3.63) is 42.4 Å². The Morgan fingerprint density at radius 3 is 2.59 bits per heavy atom. The topological polar surface area (TPSA) is 60.9 Å². The predicted octanol–water partition coefficient (Wildman–Crippen LogP) is 2.68. The minimum absolute atomic E-state index is 0.0462. The second kappa shape index (κ2) is 5.84. The molecule has 0 amide bonds. The van der Waals surface area contributed by atoms with Crippen molar-refractivity contribution in [3.8, 4) is 5.69 Å². The average Bonchev–Trinajstić information content (AvgIpc) is 2.79. The van der Waals surface area contributed by atoms with Gasteiger partial charge in [-0.1, -0.05) is 26.0 Å². The first-order chi connectivity index (χ1) is 8.16. The highest BCUT2D eigenvalue weighted by Crippen LogP contribution is 2.12. The maximum Gasteiger partial charge on any atom is 0.159 e. The average molecular weight is 231 g/mol. The minimum Gasteiger partial charge on any atom is -0.382 e. The Bertz CT molecular complexity index is 503. The van der Waals surface area contributed by atoms with Gasteiger partial charge in [0.15, 0.2) is 5.78 Å². The van der Waals surface area contributed by atoms with Crippen LogP contribution in [0.4, 0.5) is 5.82 Å². The number of carbonyl (C=O) groups excluding carboxylic acids is 1. The molecule has 2 rings (SSSR count). The van der Waals surface area contributed by atoms with Gasteiger partial charge in [-0.15, -0.1) is 0 Å². The van der Waals surface area contributed by atoms with E-state index in [2.05, 4.69) is 4.98 Å². The van der Waals surface area contributed by atoms with Crippen LogP contribution in [0.1, 0.15) is 31.1 Å². The van der Waals surface area contributed by atoms with Crippen LogP contribution >= 0.6 is 0 Å². The van der Waals surface area contributed by atoms with Gasteiger partial charge in [0.05, 0.1) is 6.20 Å². The van der Waals surface area contributed by atoms with E-state index < -0.39 is 0 Å². The fourth-order valence-corrected chi connectivity index (χ4v) is 1.36. The molecule has 0 atom stereocenters. The molecule has 0 spiro atoms. The van der Waals surface area contributed by atoms with Crippen LogP contribution in [0.15, 0.2) is 36.8 Å². The first-order valence-electron chi connectivity index (χ1n) is 5.57. The number of carbonyl (C=O) groups is 1. The highest BCUT2D eigenvalue weighted by molar-refractivity contribution is 5.94. The number of Topliss-reactive ketones (excluding diaryl/α,β-unsaturated/α-hetero) is 1. The number of benzene rings is 1. The summed E-state index contributed by atoms with van der Waals surface area (Å²) in [6.07, 6.45) is 3.33. The van der Waals surface area contributed by atoms with Crippen molar-refractivity contribution in [2.75, 3.05) is 5.73 Å². The molecule has 2 aromatic rings. The summed E-state index contributed by atoms with van der Waals surface area (Å²) in [5, 5.41) is 0. The Kier molecular flexibility index (Phi) is 4.46. The molecule has 90 valence electrons. The quantitative estimate of drug-likeness (QED) is 0.808. The Labute approximate surface area is 101 Å². The second-order valence-electron chi connectivity index (χ2n) is 3.31. The molecule has 0 radical (unpaired) electrons. The van der Waals surface area contributed by atoms with Crippen LogP contribution in [0, 0.1) is 0 Å². The predicted molar refractivity (Wildman–Crippen MR) is 69.3 cm³/mol. The molecule has 0 aliphatic carbocycles. The molecule has 0 unspecified atom stereocenters. The van der Waals surface area contributed by atoms with Gasteiger partial charge in [0.1, 0.15) is 12.1 Å². The van der Waals surface area contributed by atoms with Crippen LogP contribution in [-0.4, -0.2) is 15.3 Å². The molecular formula is C13H17N3O. The summed E-state index contributed by atoms with van der Waals surface area (Å²) >= 11 is 0. The molecule has 0 fully saturated rings. The summed E-state index contributed by atoms with van der Waals surface area (Å²) in [5.74, 6) is 0.508. The van der Waals surface area contributed by atoms with Crippen molar-refractivity contribution in [1.82, 2.24) is 9.55 Å². The summed E-state index contributed by atoms with van der Waals surface area (Å²) in [4.78, 5) is 15.1. The summed E-state index contributed by atoms with van der Waals surface area (Å²) < 4.78 is 1.78. The van der Waals surface area contributed by atoms with E-state index in [0.29, 0.717) is 11.4 Å². The van der Waals surface area contributed by atoms with E-state index >= 15 is 0 Å². The lowest BCUT2D eigenvalue weighted by atomic mass is 10.1. The van der Waals surface area contributed by atoms with E-state index in [1.54, 1.807) is 30.1 Å². The Morgan fingerprint density at radius 1 is 1.35 bits per heavy atom. The summed E-state index contributed by atoms with van der Waals surface area (Å²) in [6.45, 7) is 5.54. The standard InChI is InChI=1S/C11H11N3O.C2H6/c1-8(15)9-3-2-4-10(5-9)14-6-11(12)13-7-14;1-2/h2-7H,12H2,1H3;1-2H3.